The minimum atomic E-state index is 0.0623. The molecule has 2 aromatic rings. The molecule has 2 rings (SSSR count). The number of amidine groups is 1. The lowest BCUT2D eigenvalue weighted by Crippen LogP contribution is -2.18. The molecule has 0 fully saturated rings. The highest BCUT2D eigenvalue weighted by Crippen LogP contribution is 2.11. The molecule has 0 atom stereocenters. The number of hydrogen-bond donors (Lipinski definition) is 2. The average molecular weight is 262 g/mol. The number of nitrogens with zero attached hydrogens (tertiary/aromatic N) is 2. The number of hydrogen-bond acceptors (Lipinski definition) is 5. The van der Waals surface area contributed by atoms with E-state index in [1.807, 2.05) is 26.0 Å². The van der Waals surface area contributed by atoms with Crippen molar-refractivity contribution in [2.24, 2.45) is 10.9 Å². The molecule has 0 aliphatic heterocycles. The van der Waals surface area contributed by atoms with Gasteiger partial charge in [-0.1, -0.05) is 34.1 Å². The number of nitrogens with one attached hydrogen (secondary N) is 1. The molecule has 7 heteroatoms. The van der Waals surface area contributed by atoms with Crippen LogP contribution >= 0.6 is 0 Å². The van der Waals surface area contributed by atoms with Crippen LogP contribution in [0, 0.1) is 13.8 Å². The molecular weight excluding hydrogens is 246 g/mol. The quantitative estimate of drug-likeness (QED) is 0.474. The van der Waals surface area contributed by atoms with Crippen LogP contribution in [0.3, 0.4) is 0 Å². The predicted molar refractivity (Wildman–Crippen MR) is 68.9 cm³/mol. The van der Waals surface area contributed by atoms with Gasteiger partial charge in [0.25, 0.3) is 0 Å². The molecule has 0 aliphatic rings. The Labute approximate surface area is 110 Å². The van der Waals surface area contributed by atoms with Crippen LogP contribution in [0.25, 0.3) is 0 Å². The molecule has 1 aromatic heterocycles. The summed E-state index contributed by atoms with van der Waals surface area (Å²) in [5.74, 6) is 0.267. The molecule has 0 bridgehead atoms. The third-order valence-corrected chi connectivity index (χ3v) is 2.67. The number of nitrogens with two attached hydrogens (primary N) is 2. The number of aromatic amines is 1. The van der Waals surface area contributed by atoms with E-state index in [2.05, 4.69) is 26.2 Å². The van der Waals surface area contributed by atoms with Crippen molar-refractivity contribution in [3.05, 3.63) is 40.6 Å². The van der Waals surface area contributed by atoms with Crippen molar-refractivity contribution in [1.82, 2.24) is 5.16 Å². The van der Waals surface area contributed by atoms with E-state index in [0.717, 1.165) is 11.1 Å². The number of aryl methyl sites for hydroxylation is 2. The Morgan fingerprint density at radius 2 is 2.26 bits per heavy atom. The summed E-state index contributed by atoms with van der Waals surface area (Å²) in [6.07, 6.45) is 0. The smallest absolute Gasteiger partial charge is 0.303 e. The van der Waals surface area contributed by atoms with E-state index in [-0.39, 0.29) is 17.3 Å². The highest BCUT2D eigenvalue weighted by Gasteiger charge is 2.17. The number of aromatic nitrogens is 2. The van der Waals surface area contributed by atoms with Gasteiger partial charge in [-0.25, -0.2) is 0 Å². The van der Waals surface area contributed by atoms with E-state index in [1.54, 1.807) is 0 Å². The van der Waals surface area contributed by atoms with Gasteiger partial charge >= 0.3 is 11.5 Å². The molecule has 1 aromatic carbocycles. The number of benzene rings is 1. The Balaban J connectivity index is 2.01. The maximum Gasteiger partial charge on any atom is 0.303 e. The molecule has 0 amide bonds. The van der Waals surface area contributed by atoms with Gasteiger partial charge in [-0.05, 0) is 25.0 Å². The zero-order chi connectivity index (χ0) is 13.8. The molecule has 0 unspecified atom stereocenters. The van der Waals surface area contributed by atoms with E-state index in [1.165, 1.54) is 5.56 Å². The second-order valence-corrected chi connectivity index (χ2v) is 4.23. The van der Waals surface area contributed by atoms with Crippen molar-refractivity contribution < 1.29 is 14.6 Å². The molecule has 0 saturated heterocycles. The molecule has 100 valence electrons. The minimum Gasteiger partial charge on any atom is -0.389 e. The highest BCUT2D eigenvalue weighted by molar-refractivity contribution is 5.98. The first kappa shape index (κ1) is 12.9. The number of anilines is 1. The number of rotatable bonds is 4. The second kappa shape index (κ2) is 5.38. The Bertz CT molecular complexity index is 606. The maximum atomic E-state index is 5.67. The lowest BCUT2D eigenvalue weighted by atomic mass is 10.1. The van der Waals surface area contributed by atoms with Crippen LogP contribution in [0.1, 0.15) is 22.4 Å². The maximum absolute atomic E-state index is 5.67. The zero-order valence-electron chi connectivity index (χ0n) is 10.8. The van der Waals surface area contributed by atoms with Gasteiger partial charge in [0.05, 0.1) is 5.16 Å². The van der Waals surface area contributed by atoms with Crippen LogP contribution in [0.2, 0.25) is 0 Å². The Hall–Kier alpha value is -2.57. The Morgan fingerprint density at radius 1 is 1.47 bits per heavy atom. The van der Waals surface area contributed by atoms with Crippen molar-refractivity contribution in [3.8, 4) is 0 Å². The van der Waals surface area contributed by atoms with Crippen molar-refractivity contribution in [2.45, 2.75) is 20.5 Å². The molecule has 0 aliphatic carbocycles. The van der Waals surface area contributed by atoms with Crippen LogP contribution < -0.4 is 16.6 Å². The fraction of sp³-hybridized carbons (Fsp3) is 0.250. The molecule has 0 spiro atoms. The SMILES string of the molecule is Cc1ccc(CON=C(N)c2no[nH+]c2N)c(C)c1. The van der Waals surface area contributed by atoms with E-state index in [0.29, 0.717) is 6.61 Å². The van der Waals surface area contributed by atoms with E-state index in [9.17, 15) is 0 Å². The van der Waals surface area contributed by atoms with Crippen LogP contribution in [0.4, 0.5) is 5.82 Å². The molecular formula is C12H16N5O2+. The van der Waals surface area contributed by atoms with Crippen LogP contribution in [-0.4, -0.2) is 11.0 Å². The summed E-state index contributed by atoms with van der Waals surface area (Å²) < 4.78 is 4.55. The summed E-state index contributed by atoms with van der Waals surface area (Å²) in [5.41, 5.74) is 14.8. The first-order chi connectivity index (χ1) is 9.08. The van der Waals surface area contributed by atoms with Crippen molar-refractivity contribution in [1.29, 1.82) is 0 Å². The minimum absolute atomic E-state index is 0.0623. The molecule has 1 heterocycles. The molecule has 0 radical (unpaired) electrons. The van der Waals surface area contributed by atoms with Gasteiger partial charge in [0.2, 0.25) is 5.84 Å². The van der Waals surface area contributed by atoms with Gasteiger partial charge in [0.1, 0.15) is 6.61 Å². The molecule has 19 heavy (non-hydrogen) atoms. The summed E-state index contributed by atoms with van der Waals surface area (Å²) in [4.78, 5) is 5.19. The zero-order valence-corrected chi connectivity index (χ0v) is 10.8. The van der Waals surface area contributed by atoms with Gasteiger partial charge < -0.3 is 16.3 Å². The second-order valence-electron chi connectivity index (χ2n) is 4.23. The highest BCUT2D eigenvalue weighted by atomic mass is 16.6. The molecule has 7 nitrogen and oxygen atoms in total. The predicted octanol–water partition coefficient (Wildman–Crippen LogP) is 0.525. The van der Waals surface area contributed by atoms with Crippen LogP contribution in [0.5, 0.6) is 0 Å². The van der Waals surface area contributed by atoms with Gasteiger partial charge in [-0.15, -0.1) is 4.63 Å². The van der Waals surface area contributed by atoms with Crippen molar-refractivity contribution in [2.75, 3.05) is 5.73 Å². The average Bonchev–Trinajstić information content (AvgIpc) is 2.78. The molecule has 5 N–H and O–H groups in total. The summed E-state index contributed by atoms with van der Waals surface area (Å²) in [5, 5.41) is 9.69. The summed E-state index contributed by atoms with van der Waals surface area (Å²) in [6, 6.07) is 6.09. The van der Waals surface area contributed by atoms with Gasteiger partial charge in [-0.3, -0.25) is 0 Å². The summed E-state index contributed by atoms with van der Waals surface area (Å²) in [7, 11) is 0. The number of oxime groups is 1. The van der Waals surface area contributed by atoms with Gasteiger partial charge in [-0.2, -0.15) is 0 Å². The van der Waals surface area contributed by atoms with Gasteiger partial charge in [0.15, 0.2) is 0 Å². The summed E-state index contributed by atoms with van der Waals surface area (Å²) in [6.45, 7) is 4.38. The number of nitrogen functional groups attached to an aromatic ring is 1. The van der Waals surface area contributed by atoms with Crippen molar-refractivity contribution in [3.63, 3.8) is 0 Å². The normalized spacial score (nSPS) is 11.6. The third kappa shape index (κ3) is 3.01. The van der Waals surface area contributed by atoms with E-state index < -0.39 is 0 Å². The largest absolute Gasteiger partial charge is 0.389 e. The third-order valence-electron chi connectivity index (χ3n) is 2.67. The topological polar surface area (TPSA) is 114 Å². The van der Waals surface area contributed by atoms with Crippen LogP contribution in [-0.2, 0) is 11.4 Å². The fourth-order valence-electron chi connectivity index (χ4n) is 1.62. The fourth-order valence-corrected chi connectivity index (χ4v) is 1.62. The van der Waals surface area contributed by atoms with E-state index in [4.69, 9.17) is 16.3 Å². The Kier molecular flexibility index (Phi) is 3.65. The monoisotopic (exact) mass is 262 g/mol. The lowest BCUT2D eigenvalue weighted by molar-refractivity contribution is -0.610. The summed E-state index contributed by atoms with van der Waals surface area (Å²) >= 11 is 0. The molecule has 0 saturated carbocycles. The first-order valence-corrected chi connectivity index (χ1v) is 5.72. The van der Waals surface area contributed by atoms with Crippen LogP contribution in [0.15, 0.2) is 28.0 Å². The number of H-pyrrole nitrogens is 1. The standard InChI is InChI=1S/C12H15N5O2/c1-7-3-4-9(8(2)5-7)6-18-16-11(13)10-12(14)17-19-15-10/h3-5H,6H2,1-2H3,(H2,13,16)(H2,14,17)/p+1. The van der Waals surface area contributed by atoms with E-state index >= 15 is 0 Å². The van der Waals surface area contributed by atoms with Gasteiger partial charge in [0, 0.05) is 0 Å². The van der Waals surface area contributed by atoms with Crippen molar-refractivity contribution >= 4 is 11.7 Å². The Morgan fingerprint density at radius 3 is 2.89 bits per heavy atom. The first-order valence-electron chi connectivity index (χ1n) is 5.72. The lowest BCUT2D eigenvalue weighted by Gasteiger charge is -2.05.